The fraction of sp³-hybridized carbons (Fsp3) is 0.750. The molecule has 2 aliphatic heterocycles. The number of nitrogens with one attached hydrogen (secondary N) is 4. The Morgan fingerprint density at radius 3 is 2.02 bits per heavy atom. The Hall–Kier alpha value is -3.77. The lowest BCUT2D eigenvalue weighted by Crippen LogP contribution is -2.62. The maximum absolute atomic E-state index is 14.4. The Morgan fingerprint density at radius 1 is 0.898 bits per heavy atom. The van der Waals surface area contributed by atoms with Gasteiger partial charge >= 0.3 is 6.03 Å². The summed E-state index contributed by atoms with van der Waals surface area (Å²) in [5.41, 5.74) is -1.30. The fourth-order valence-corrected chi connectivity index (χ4v) is 6.55. The van der Waals surface area contributed by atoms with Crippen LogP contribution in [0.4, 0.5) is 4.79 Å². The van der Waals surface area contributed by atoms with E-state index in [0.29, 0.717) is 19.3 Å². The number of ketones is 1. The van der Waals surface area contributed by atoms with Crippen LogP contribution in [0.1, 0.15) is 100 Å². The summed E-state index contributed by atoms with van der Waals surface area (Å²) in [5, 5.41) is 11.1. The van der Waals surface area contributed by atoms with Crippen LogP contribution in [0.15, 0.2) is 12.7 Å². The molecule has 13 nitrogen and oxygen atoms in total. The number of nitrogens with zero attached hydrogens (tertiary/aromatic N) is 2. The highest BCUT2D eigenvalue weighted by molar-refractivity contribution is 6.38. The number of likely N-dealkylation sites (tertiary alicyclic amines) is 2. The van der Waals surface area contributed by atoms with Gasteiger partial charge in [0.25, 0.3) is 5.91 Å². The number of Topliss-reactive ketones (excluding diaryl/α,β-unsaturated/α-hetero) is 1. The number of imide groups is 1. The molecule has 1 aliphatic carbocycles. The van der Waals surface area contributed by atoms with Gasteiger partial charge in [-0.15, -0.1) is 6.58 Å². The lowest BCUT2D eigenvalue weighted by molar-refractivity contribution is -0.148. The minimum absolute atomic E-state index is 0.0134. The lowest BCUT2D eigenvalue weighted by Gasteiger charge is -2.39. The van der Waals surface area contributed by atoms with Gasteiger partial charge in [0.15, 0.2) is 0 Å². The van der Waals surface area contributed by atoms with Gasteiger partial charge in [0.05, 0.1) is 12.1 Å². The van der Waals surface area contributed by atoms with Gasteiger partial charge in [0.2, 0.25) is 29.4 Å². The van der Waals surface area contributed by atoms with E-state index in [0.717, 1.165) is 12.8 Å². The van der Waals surface area contributed by atoms with Gasteiger partial charge in [0.1, 0.15) is 12.1 Å². The van der Waals surface area contributed by atoms with Crippen molar-refractivity contribution in [2.75, 3.05) is 19.6 Å². The van der Waals surface area contributed by atoms with E-state index in [-0.39, 0.29) is 62.0 Å². The summed E-state index contributed by atoms with van der Waals surface area (Å²) in [7, 11) is 0. The van der Waals surface area contributed by atoms with E-state index in [1.54, 1.807) is 0 Å². The van der Waals surface area contributed by atoms with Crippen LogP contribution in [-0.2, 0) is 28.8 Å². The molecule has 1 saturated carbocycles. The third-order valence-corrected chi connectivity index (χ3v) is 9.87. The Morgan fingerprint density at radius 2 is 1.51 bits per heavy atom. The molecule has 5 atom stereocenters. The minimum Gasteiger partial charge on any atom is -0.346 e. The molecule has 2 heterocycles. The summed E-state index contributed by atoms with van der Waals surface area (Å²) in [6.45, 7) is 19.1. The average Bonchev–Trinajstić information content (AvgIpc) is 3.70. The van der Waals surface area contributed by atoms with Crippen molar-refractivity contribution < 1.29 is 33.6 Å². The van der Waals surface area contributed by atoms with Crippen molar-refractivity contribution in [3.05, 3.63) is 12.7 Å². The summed E-state index contributed by atoms with van der Waals surface area (Å²) in [6, 6.07) is -4.21. The molecule has 2 saturated heterocycles. The van der Waals surface area contributed by atoms with Crippen LogP contribution >= 0.6 is 0 Å². The molecule has 3 aliphatic rings. The third-order valence-electron chi connectivity index (χ3n) is 9.87. The molecule has 0 aromatic rings. The molecule has 0 spiro atoms. The zero-order valence-corrected chi connectivity index (χ0v) is 30.6. The van der Waals surface area contributed by atoms with Crippen molar-refractivity contribution in [3.63, 3.8) is 0 Å². The first-order valence-electron chi connectivity index (χ1n) is 17.7. The minimum atomic E-state index is -1.04. The number of hydrogen-bond acceptors (Lipinski definition) is 7. The van der Waals surface area contributed by atoms with Crippen LogP contribution in [0.2, 0.25) is 0 Å². The molecule has 274 valence electrons. The second kappa shape index (κ2) is 16.3. The summed E-state index contributed by atoms with van der Waals surface area (Å²) in [4.78, 5) is 95.6. The van der Waals surface area contributed by atoms with Gasteiger partial charge in [-0.2, -0.15) is 0 Å². The molecule has 0 aromatic heterocycles. The monoisotopic (exact) mass is 686 g/mol. The maximum Gasteiger partial charge on any atom is 0.315 e. The van der Waals surface area contributed by atoms with E-state index >= 15 is 0 Å². The second-order valence-electron chi connectivity index (χ2n) is 16.4. The largest absolute Gasteiger partial charge is 0.346 e. The molecule has 13 heteroatoms. The summed E-state index contributed by atoms with van der Waals surface area (Å²) in [5.74, 6) is -2.95. The smallest absolute Gasteiger partial charge is 0.315 e. The molecule has 0 radical (unpaired) electrons. The highest BCUT2D eigenvalue weighted by atomic mass is 16.2. The van der Waals surface area contributed by atoms with E-state index in [1.807, 2.05) is 55.4 Å². The van der Waals surface area contributed by atoms with Crippen molar-refractivity contribution in [3.8, 4) is 0 Å². The van der Waals surface area contributed by atoms with Crippen molar-refractivity contribution >= 4 is 41.4 Å². The molecular weight excluding hydrogens is 628 g/mol. The number of amides is 7. The molecular formula is C36H58N6O7. The molecule has 2 unspecified atom stereocenters. The average molecular weight is 687 g/mol. The summed E-state index contributed by atoms with van der Waals surface area (Å²) < 4.78 is 0. The predicted molar refractivity (Wildman–Crippen MR) is 185 cm³/mol. The van der Waals surface area contributed by atoms with Gasteiger partial charge < -0.3 is 26.2 Å². The predicted octanol–water partition coefficient (Wildman–Crippen LogP) is 2.68. The molecule has 49 heavy (non-hydrogen) atoms. The first-order valence-corrected chi connectivity index (χ1v) is 17.7. The summed E-state index contributed by atoms with van der Waals surface area (Å²) >= 11 is 0. The quantitative estimate of drug-likeness (QED) is 0.124. The lowest BCUT2D eigenvalue weighted by atomic mass is 9.84. The standard InChI is InChI=1S/C36H58N6O7/c1-10-17-37-32(47)29(45)24(19-22-14-15-22)38-31(46)28-23(21(2)3)16-18-41(28)33(48)30(36(7,8)9)40-34(49)39-25(35(4,5)6)20-42-26(43)12-11-13-27(42)44/h10,21-25,28,30H,1,11-20H2,2-9H3,(H,37,47)(H,38,46)(H2,39,40,49)/t23?,24?,25-,28+,30-/m1/s1. The fourth-order valence-electron chi connectivity index (χ4n) is 6.55. The normalized spacial score (nSPS) is 21.9. The Balaban J connectivity index is 1.83. The summed E-state index contributed by atoms with van der Waals surface area (Å²) in [6.07, 6.45) is 5.24. The number of urea groups is 1. The van der Waals surface area contributed by atoms with E-state index in [2.05, 4.69) is 27.8 Å². The first kappa shape index (κ1) is 39.7. The maximum atomic E-state index is 14.4. The molecule has 4 N–H and O–H groups in total. The SMILES string of the molecule is C=CCNC(=O)C(=O)C(CC1CC1)NC(=O)[C@@H]1C(C(C)C)CCN1C(=O)[C@@H](NC(=O)N[C@H](CN1C(=O)CCCC1=O)C(C)(C)C)C(C)(C)C. The van der Waals surface area contributed by atoms with Crippen molar-refractivity contribution in [1.82, 2.24) is 31.1 Å². The van der Waals surface area contributed by atoms with Gasteiger partial charge in [-0.25, -0.2) is 4.79 Å². The number of carbonyl (C=O) groups is 7. The zero-order chi connectivity index (χ0) is 36.8. The molecule has 0 bridgehead atoms. The molecule has 3 rings (SSSR count). The van der Waals surface area contributed by atoms with Gasteiger partial charge in [-0.1, -0.05) is 74.3 Å². The Kier molecular flexibility index (Phi) is 13.2. The van der Waals surface area contributed by atoms with Crippen molar-refractivity contribution in [1.29, 1.82) is 0 Å². The van der Waals surface area contributed by atoms with Crippen LogP contribution in [0, 0.1) is 28.6 Å². The second-order valence-corrected chi connectivity index (χ2v) is 16.4. The van der Waals surface area contributed by atoms with Crippen LogP contribution in [-0.4, -0.2) is 95.0 Å². The Labute approximate surface area is 291 Å². The van der Waals surface area contributed by atoms with Crippen LogP contribution < -0.4 is 21.3 Å². The van der Waals surface area contributed by atoms with Gasteiger partial charge in [-0.3, -0.25) is 33.7 Å². The van der Waals surface area contributed by atoms with Crippen molar-refractivity contribution in [2.45, 2.75) is 125 Å². The van der Waals surface area contributed by atoms with E-state index in [9.17, 15) is 33.6 Å². The highest BCUT2D eigenvalue weighted by Gasteiger charge is 2.48. The number of carbonyl (C=O) groups excluding carboxylic acids is 7. The Bertz CT molecular complexity index is 1280. The van der Waals surface area contributed by atoms with Crippen LogP contribution in [0.5, 0.6) is 0 Å². The number of piperidine rings is 1. The molecule has 3 fully saturated rings. The van der Waals surface area contributed by atoms with Crippen LogP contribution in [0.25, 0.3) is 0 Å². The zero-order valence-electron chi connectivity index (χ0n) is 30.6. The van der Waals surface area contributed by atoms with Gasteiger partial charge in [0, 0.05) is 32.5 Å². The van der Waals surface area contributed by atoms with Crippen LogP contribution in [0.3, 0.4) is 0 Å². The number of rotatable bonds is 14. The topological polar surface area (TPSA) is 174 Å². The third kappa shape index (κ3) is 10.6. The van der Waals surface area contributed by atoms with E-state index < -0.39 is 64.5 Å². The van der Waals surface area contributed by atoms with E-state index in [1.165, 1.54) is 15.9 Å². The molecule has 0 aromatic carbocycles. The first-order chi connectivity index (χ1) is 22.8. The van der Waals surface area contributed by atoms with Gasteiger partial charge in [-0.05, 0) is 47.8 Å². The highest BCUT2D eigenvalue weighted by Crippen LogP contribution is 2.36. The number of hydrogen-bond donors (Lipinski definition) is 4. The van der Waals surface area contributed by atoms with Crippen molar-refractivity contribution in [2.24, 2.45) is 28.6 Å². The van der Waals surface area contributed by atoms with E-state index in [4.69, 9.17) is 0 Å². The molecule has 7 amide bonds.